The van der Waals surface area contributed by atoms with Crippen molar-refractivity contribution in [2.45, 2.75) is 13.8 Å². The van der Waals surface area contributed by atoms with Gasteiger partial charge in [0.05, 0.1) is 9.52 Å². The normalized spacial score (nSPS) is 17.4. The second-order valence-corrected chi connectivity index (χ2v) is 7.82. The predicted octanol–water partition coefficient (Wildman–Crippen LogP) is 4.15. The third-order valence-corrected chi connectivity index (χ3v) is 6.96. The largest absolute Gasteiger partial charge is 0.0798 e. The zero-order valence-electron chi connectivity index (χ0n) is 12.5. The van der Waals surface area contributed by atoms with Gasteiger partial charge < -0.3 is 0 Å². The van der Waals surface area contributed by atoms with Crippen molar-refractivity contribution >= 4 is 21.7 Å². The van der Waals surface area contributed by atoms with Crippen LogP contribution in [-0.2, 0) is 0 Å². The summed E-state index contributed by atoms with van der Waals surface area (Å²) in [7, 11) is -0.410. The van der Waals surface area contributed by atoms with Crippen LogP contribution in [0, 0.1) is 11.8 Å². The lowest BCUT2D eigenvalue weighted by atomic mass is 10.0. The van der Waals surface area contributed by atoms with Gasteiger partial charge in [0, 0.05) is 11.8 Å². The second-order valence-electron chi connectivity index (χ2n) is 5.94. The van der Waals surface area contributed by atoms with Gasteiger partial charge in [-0.05, 0) is 22.3 Å². The van der Waals surface area contributed by atoms with Crippen LogP contribution in [0.3, 0.4) is 0 Å². The van der Waals surface area contributed by atoms with E-state index in [1.807, 2.05) is 0 Å². The maximum absolute atomic E-state index is 2.41. The Balaban J connectivity index is 1.62. The first kappa shape index (κ1) is 12.8. The Labute approximate surface area is 129 Å². The highest BCUT2D eigenvalue weighted by Crippen LogP contribution is 2.39. The first-order valence-corrected chi connectivity index (χ1v) is 8.93. The molecular weight excluding hydrogens is 268 g/mol. The molecule has 2 radical (unpaired) electrons. The Morgan fingerprint density at radius 3 is 1.48 bits per heavy atom. The van der Waals surface area contributed by atoms with Crippen LogP contribution >= 0.6 is 0 Å². The Morgan fingerprint density at radius 1 is 0.619 bits per heavy atom. The molecule has 0 nitrogen and oxygen atoms in total. The number of allylic oxidation sites excluding steroid dienone is 2. The highest BCUT2D eigenvalue weighted by atomic mass is 28.2. The van der Waals surface area contributed by atoms with Crippen LogP contribution in [0.15, 0.2) is 58.9 Å². The number of hydrogen-bond donors (Lipinski definition) is 0. The minimum absolute atomic E-state index is 0.410. The summed E-state index contributed by atoms with van der Waals surface area (Å²) < 4.78 is 0. The summed E-state index contributed by atoms with van der Waals surface area (Å²) in [4.78, 5) is 0. The molecule has 0 aromatic heterocycles. The maximum atomic E-state index is 2.41. The van der Waals surface area contributed by atoms with E-state index in [-0.39, 0.29) is 0 Å². The van der Waals surface area contributed by atoms with Crippen molar-refractivity contribution in [3.8, 4) is 0 Å². The average Bonchev–Trinajstić information content (AvgIpc) is 2.99. The Bertz CT molecular complexity index is 701. The lowest BCUT2D eigenvalue weighted by Crippen LogP contribution is -2.08. The molecule has 0 bridgehead atoms. The second kappa shape index (κ2) is 4.85. The molecule has 2 aromatic carbocycles. The van der Waals surface area contributed by atoms with E-state index < -0.39 is 9.52 Å². The van der Waals surface area contributed by atoms with Crippen molar-refractivity contribution in [3.05, 3.63) is 93.0 Å². The predicted molar refractivity (Wildman–Crippen MR) is 93.4 cm³/mol. The highest BCUT2D eigenvalue weighted by Gasteiger charge is 2.27. The molecule has 102 valence electrons. The van der Waals surface area contributed by atoms with Crippen LogP contribution in [0.1, 0.15) is 36.1 Å². The quantitative estimate of drug-likeness (QED) is 0.728. The van der Waals surface area contributed by atoms with Gasteiger partial charge in [0.15, 0.2) is 0 Å². The minimum Gasteiger partial charge on any atom is -0.0712 e. The number of fused-ring (bicyclic) bond motifs is 2. The summed E-state index contributed by atoms with van der Waals surface area (Å²) in [6, 6.07) is 17.5. The molecule has 2 aliphatic carbocycles. The molecule has 0 fully saturated rings. The summed E-state index contributed by atoms with van der Waals surface area (Å²) in [6.45, 7) is 4.56. The fourth-order valence-corrected chi connectivity index (χ4v) is 5.40. The zero-order valence-corrected chi connectivity index (χ0v) is 13.9. The van der Waals surface area contributed by atoms with E-state index in [9.17, 15) is 0 Å². The molecule has 0 saturated carbocycles. The summed E-state index contributed by atoms with van der Waals surface area (Å²) in [5, 5.41) is 3.18. The number of benzene rings is 2. The SMILES string of the molecule is C[C]1C([SiH2]C2=Cc3ccccc3[C]2C)=Cc2ccccc21. The maximum Gasteiger partial charge on any atom is 0.0798 e. The monoisotopic (exact) mass is 286 g/mol. The third-order valence-electron chi connectivity index (χ3n) is 4.73. The lowest BCUT2D eigenvalue weighted by molar-refractivity contribution is 1.24. The van der Waals surface area contributed by atoms with Gasteiger partial charge in [0.2, 0.25) is 0 Å². The van der Waals surface area contributed by atoms with E-state index in [0.29, 0.717) is 0 Å². The van der Waals surface area contributed by atoms with E-state index in [4.69, 9.17) is 0 Å². The third kappa shape index (κ3) is 2.04. The van der Waals surface area contributed by atoms with E-state index in [1.54, 1.807) is 10.4 Å². The molecule has 0 aliphatic heterocycles. The molecule has 0 N–H and O–H groups in total. The summed E-state index contributed by atoms with van der Waals surface area (Å²) in [5.41, 5.74) is 5.64. The lowest BCUT2D eigenvalue weighted by Gasteiger charge is -2.14. The van der Waals surface area contributed by atoms with Gasteiger partial charge in [-0.2, -0.15) is 0 Å². The van der Waals surface area contributed by atoms with Gasteiger partial charge in [-0.3, -0.25) is 0 Å². The molecule has 21 heavy (non-hydrogen) atoms. The molecule has 0 atom stereocenters. The van der Waals surface area contributed by atoms with Crippen LogP contribution in [0.25, 0.3) is 12.2 Å². The van der Waals surface area contributed by atoms with Gasteiger partial charge in [0.25, 0.3) is 0 Å². The molecule has 0 saturated heterocycles. The van der Waals surface area contributed by atoms with Gasteiger partial charge in [-0.15, -0.1) is 0 Å². The molecule has 2 aliphatic rings. The van der Waals surface area contributed by atoms with Crippen molar-refractivity contribution in [2.24, 2.45) is 0 Å². The van der Waals surface area contributed by atoms with Gasteiger partial charge >= 0.3 is 0 Å². The molecule has 1 heteroatoms. The van der Waals surface area contributed by atoms with E-state index in [2.05, 4.69) is 74.5 Å². The van der Waals surface area contributed by atoms with E-state index in [0.717, 1.165) is 0 Å². The van der Waals surface area contributed by atoms with Crippen LogP contribution < -0.4 is 0 Å². The Hall–Kier alpha value is -1.86. The molecule has 0 heterocycles. The van der Waals surface area contributed by atoms with Gasteiger partial charge in [-0.25, -0.2) is 0 Å². The average molecular weight is 286 g/mol. The van der Waals surface area contributed by atoms with Crippen LogP contribution in [0.5, 0.6) is 0 Å². The topological polar surface area (TPSA) is 0 Å². The highest BCUT2D eigenvalue weighted by molar-refractivity contribution is 6.59. The minimum atomic E-state index is -0.410. The van der Waals surface area contributed by atoms with Gasteiger partial charge in [-0.1, -0.05) is 84.9 Å². The Morgan fingerprint density at radius 2 is 1.05 bits per heavy atom. The first-order chi connectivity index (χ1) is 10.2. The van der Waals surface area contributed by atoms with Crippen LogP contribution in [0.2, 0.25) is 0 Å². The Kier molecular flexibility index (Phi) is 2.97. The fourth-order valence-electron chi connectivity index (χ4n) is 3.44. The summed E-state index contributed by atoms with van der Waals surface area (Å²) in [5.74, 6) is 2.98. The summed E-state index contributed by atoms with van der Waals surface area (Å²) in [6.07, 6.45) is 4.82. The standard InChI is InChI=1S/C20H18Si/c1-13-17-9-5-3-7-15(17)11-19(13)21-20-12-16-8-4-6-10-18(16)14(20)2/h3-12H,21H2,1-2H3. The van der Waals surface area contributed by atoms with Crippen molar-refractivity contribution < 1.29 is 0 Å². The first-order valence-electron chi connectivity index (χ1n) is 7.52. The molecule has 0 unspecified atom stereocenters. The van der Waals surface area contributed by atoms with Crippen molar-refractivity contribution in [1.29, 1.82) is 0 Å². The fraction of sp³-hybridized carbons (Fsp3) is 0.100. The molecule has 4 rings (SSSR count). The number of rotatable bonds is 2. The van der Waals surface area contributed by atoms with Crippen LogP contribution in [-0.4, -0.2) is 9.52 Å². The summed E-state index contributed by atoms with van der Waals surface area (Å²) >= 11 is 0. The van der Waals surface area contributed by atoms with E-state index in [1.165, 1.54) is 34.1 Å². The van der Waals surface area contributed by atoms with E-state index >= 15 is 0 Å². The molecule has 2 aromatic rings. The smallest absolute Gasteiger partial charge is 0.0712 e. The molecule has 0 spiro atoms. The molecular formula is C20H18Si. The van der Waals surface area contributed by atoms with Crippen LogP contribution in [0.4, 0.5) is 0 Å². The van der Waals surface area contributed by atoms with Gasteiger partial charge in [0.1, 0.15) is 0 Å². The zero-order chi connectivity index (χ0) is 14.4. The van der Waals surface area contributed by atoms with Crippen molar-refractivity contribution in [2.75, 3.05) is 0 Å². The number of hydrogen-bond acceptors (Lipinski definition) is 0. The molecule has 0 amide bonds. The van der Waals surface area contributed by atoms with Crippen molar-refractivity contribution in [3.63, 3.8) is 0 Å². The van der Waals surface area contributed by atoms with Crippen molar-refractivity contribution in [1.82, 2.24) is 0 Å².